The van der Waals surface area contributed by atoms with Crippen LogP contribution < -0.4 is 43.0 Å². The van der Waals surface area contributed by atoms with Crippen molar-refractivity contribution in [1.82, 2.24) is 37.2 Å². The van der Waals surface area contributed by atoms with Gasteiger partial charge in [0.1, 0.15) is 36.3 Å². The molecule has 0 saturated carbocycles. The van der Waals surface area contributed by atoms with Crippen molar-refractivity contribution in [3.63, 3.8) is 0 Å². The van der Waals surface area contributed by atoms with Crippen LogP contribution in [0.2, 0.25) is 0 Å². The van der Waals surface area contributed by atoms with Crippen molar-refractivity contribution in [3.8, 4) is 0 Å². The number of aliphatic hydroxyl groups is 1. The van der Waals surface area contributed by atoms with Crippen molar-refractivity contribution in [2.45, 2.75) is 115 Å². The van der Waals surface area contributed by atoms with Crippen LogP contribution in [-0.2, 0) is 59.2 Å². The van der Waals surface area contributed by atoms with Crippen LogP contribution in [-0.4, -0.2) is 146 Å². The van der Waals surface area contributed by atoms with Crippen LogP contribution in [0.1, 0.15) is 65.9 Å². The Bertz CT molecular complexity index is 1790. The van der Waals surface area contributed by atoms with E-state index in [4.69, 9.17) is 15.9 Å². The van der Waals surface area contributed by atoms with Gasteiger partial charge in [-0.15, -0.1) is 0 Å². The maximum atomic E-state index is 13.9. The summed E-state index contributed by atoms with van der Waals surface area (Å²) in [5, 5.41) is 63.6. The molecule has 8 atom stereocenters. The van der Waals surface area contributed by atoms with E-state index in [9.17, 15) is 68.1 Å². The number of benzene rings is 1. The van der Waals surface area contributed by atoms with Gasteiger partial charge in [0.25, 0.3) is 5.91 Å². The number of amides is 7. The number of carboxylic acids is 4. The van der Waals surface area contributed by atoms with Crippen molar-refractivity contribution in [1.29, 1.82) is 0 Å². The third-order valence-electron chi connectivity index (χ3n) is 8.90. The largest absolute Gasteiger partial charge is 0.481 e. The number of hydrogen-bond acceptors (Lipinski definition) is 13. The van der Waals surface area contributed by atoms with Crippen LogP contribution in [0, 0.1) is 11.8 Å². The molecule has 0 aliphatic rings. The van der Waals surface area contributed by atoms with Crippen LogP contribution in [0.4, 0.5) is 0 Å². The Labute approximate surface area is 355 Å². The number of hydrogen-bond donors (Lipinski definition) is 13. The lowest BCUT2D eigenvalue weighted by atomic mass is 9.97. The van der Waals surface area contributed by atoms with Crippen molar-refractivity contribution < 1.29 is 78.3 Å². The van der Waals surface area contributed by atoms with E-state index in [-0.39, 0.29) is 18.8 Å². The van der Waals surface area contributed by atoms with Gasteiger partial charge in [-0.2, -0.15) is 0 Å². The highest BCUT2D eigenvalue weighted by Crippen LogP contribution is 2.12. The van der Waals surface area contributed by atoms with E-state index >= 15 is 0 Å². The summed E-state index contributed by atoms with van der Waals surface area (Å²) in [6.45, 7) is 7.11. The molecule has 0 aliphatic carbocycles. The molecule has 24 nitrogen and oxygen atoms in total. The molecule has 1 aromatic carbocycles. The molecule has 0 aromatic heterocycles. The highest BCUT2D eigenvalue weighted by Gasteiger charge is 2.36. The smallest absolute Gasteiger partial charge is 0.394 e. The van der Waals surface area contributed by atoms with Crippen molar-refractivity contribution >= 4 is 65.2 Å². The number of nitrogens with one attached hydrogen (secondary N) is 7. The Kier molecular flexibility index (Phi) is 22.2. The average molecular weight is 881 g/mol. The van der Waals surface area contributed by atoms with Crippen molar-refractivity contribution in [2.75, 3.05) is 6.54 Å². The summed E-state index contributed by atoms with van der Waals surface area (Å²) >= 11 is 0. The third-order valence-corrected chi connectivity index (χ3v) is 8.90. The Morgan fingerprint density at radius 3 is 1.71 bits per heavy atom. The molecule has 0 spiro atoms. The van der Waals surface area contributed by atoms with Crippen molar-refractivity contribution in [2.24, 2.45) is 17.6 Å². The molecule has 0 bridgehead atoms. The van der Waals surface area contributed by atoms with E-state index in [2.05, 4.69) is 31.9 Å². The Hall–Kier alpha value is -6.69. The maximum absolute atomic E-state index is 13.9. The number of rotatable bonds is 26. The van der Waals surface area contributed by atoms with E-state index in [1.165, 1.54) is 0 Å². The monoisotopic (exact) mass is 880 g/mol. The van der Waals surface area contributed by atoms with Gasteiger partial charge in [0.15, 0.2) is 6.10 Å². The standard InChI is InChI=1S/C38H56N8O16/c1-17(2)13-24(44-34(56)28(18(3)4)46-31(53)21(39)16-40-36(58)38(61)62)33(55)43-23(14-20-9-7-6-8-10-20)29(51)35(57)45-25(15-27(49)50)32(54)41-19(5)30(52)42-22(37(59)60)11-12-26(47)48/h6-10,17-19,21-25,28-29,51H,11-16,39H2,1-5H3,(H,40,58)(H,41,54)(H,42,52)(H,43,55)(H,44,56)(H,45,57)(H,46,53)(H,47,48)(H,49,50)(H,59,60)(H,61,62)/t19-,21-,22-,23-,24-,25-,28-,29+/m0/s1. The minimum Gasteiger partial charge on any atom is -0.481 e. The van der Waals surface area contributed by atoms with E-state index in [0.717, 1.165) is 6.92 Å². The lowest BCUT2D eigenvalue weighted by molar-refractivity contribution is -0.150. The number of aliphatic carboxylic acids is 4. The topological polar surface area (TPSA) is 399 Å². The lowest BCUT2D eigenvalue weighted by Gasteiger charge is -2.30. The number of carboxylic acid groups (broad SMARTS) is 4. The second kappa shape index (κ2) is 25.8. The minimum absolute atomic E-state index is 0.00317. The predicted molar refractivity (Wildman–Crippen MR) is 213 cm³/mol. The third kappa shape index (κ3) is 19.1. The second-order valence-corrected chi connectivity index (χ2v) is 15.0. The summed E-state index contributed by atoms with van der Waals surface area (Å²) in [6.07, 6.45) is -4.57. The molecule has 7 amide bonds. The predicted octanol–water partition coefficient (Wildman–Crippen LogP) is -3.83. The van der Waals surface area contributed by atoms with Gasteiger partial charge in [-0.3, -0.25) is 43.2 Å². The molecule has 0 heterocycles. The van der Waals surface area contributed by atoms with Gasteiger partial charge >= 0.3 is 29.8 Å². The molecule has 24 heteroatoms. The van der Waals surface area contributed by atoms with E-state index < -0.39 is 145 Å². The van der Waals surface area contributed by atoms with E-state index in [1.807, 2.05) is 5.32 Å². The molecular formula is C38H56N8O16. The summed E-state index contributed by atoms with van der Waals surface area (Å²) < 4.78 is 0. The number of carbonyl (C=O) groups excluding carboxylic acids is 7. The normalized spacial score (nSPS) is 14.9. The highest BCUT2D eigenvalue weighted by molar-refractivity contribution is 6.31. The first-order valence-corrected chi connectivity index (χ1v) is 19.3. The number of nitrogens with two attached hydrogens (primary N) is 1. The summed E-state index contributed by atoms with van der Waals surface area (Å²) in [6, 6.07) is -2.58. The van der Waals surface area contributed by atoms with Gasteiger partial charge in [0, 0.05) is 13.0 Å². The van der Waals surface area contributed by atoms with Crippen LogP contribution in [0.3, 0.4) is 0 Å². The molecule has 0 aliphatic heterocycles. The first-order chi connectivity index (χ1) is 28.8. The number of carbonyl (C=O) groups is 11. The molecule has 1 rings (SSSR count). The minimum atomic E-state index is -2.18. The quantitative estimate of drug-likeness (QED) is 0.0397. The fraction of sp³-hybridized carbons (Fsp3) is 0.553. The van der Waals surface area contributed by atoms with Gasteiger partial charge in [0.2, 0.25) is 29.5 Å². The van der Waals surface area contributed by atoms with Gasteiger partial charge in [-0.05, 0) is 43.6 Å². The van der Waals surface area contributed by atoms with Gasteiger partial charge in [-0.1, -0.05) is 58.0 Å². The zero-order valence-electron chi connectivity index (χ0n) is 34.7. The first-order valence-electron chi connectivity index (χ1n) is 19.3. The molecule has 0 radical (unpaired) electrons. The second-order valence-electron chi connectivity index (χ2n) is 15.0. The van der Waals surface area contributed by atoms with Gasteiger partial charge in [0.05, 0.1) is 12.5 Å². The zero-order valence-corrected chi connectivity index (χ0v) is 34.7. The Morgan fingerprint density at radius 2 is 1.19 bits per heavy atom. The molecular weight excluding hydrogens is 824 g/mol. The van der Waals surface area contributed by atoms with Gasteiger partial charge in [-0.25, -0.2) is 9.59 Å². The van der Waals surface area contributed by atoms with Crippen LogP contribution in [0.25, 0.3) is 0 Å². The summed E-state index contributed by atoms with van der Waals surface area (Å²) in [5.41, 5.74) is 6.27. The van der Waals surface area contributed by atoms with E-state index in [0.29, 0.717) is 5.56 Å². The Balaban J connectivity index is 3.32. The van der Waals surface area contributed by atoms with E-state index in [1.54, 1.807) is 58.0 Å². The SMILES string of the molecule is CC(C)C[C@H](NC(=O)[C@@H](NC(=O)[C@@H](N)CNC(=O)C(=O)O)C(C)C)C(=O)N[C@@H](Cc1ccccc1)[C@@H](O)C(=O)N[C@@H](CC(=O)O)C(=O)N[C@@H](C)C(=O)N[C@@H](CCC(=O)O)C(=O)O. The maximum Gasteiger partial charge on any atom is 0.394 e. The molecule has 0 fully saturated rings. The molecule has 1 aromatic rings. The molecule has 62 heavy (non-hydrogen) atoms. The van der Waals surface area contributed by atoms with Crippen LogP contribution in [0.15, 0.2) is 30.3 Å². The van der Waals surface area contributed by atoms with Crippen LogP contribution in [0.5, 0.6) is 0 Å². The fourth-order valence-corrected chi connectivity index (χ4v) is 5.55. The molecule has 0 unspecified atom stereocenters. The summed E-state index contributed by atoms with van der Waals surface area (Å²) in [5.74, 6) is -14.9. The summed E-state index contributed by atoms with van der Waals surface area (Å²) in [7, 11) is 0. The molecule has 14 N–H and O–H groups in total. The average Bonchev–Trinajstić information content (AvgIpc) is 3.18. The zero-order chi connectivity index (χ0) is 47.4. The van der Waals surface area contributed by atoms with Crippen molar-refractivity contribution in [3.05, 3.63) is 35.9 Å². The lowest BCUT2D eigenvalue weighted by Crippen LogP contribution is -2.61. The summed E-state index contributed by atoms with van der Waals surface area (Å²) in [4.78, 5) is 136. The fourth-order valence-electron chi connectivity index (χ4n) is 5.55. The van der Waals surface area contributed by atoms with Crippen LogP contribution >= 0.6 is 0 Å². The number of aliphatic hydroxyl groups excluding tert-OH is 1. The molecule has 0 saturated heterocycles. The van der Waals surface area contributed by atoms with Gasteiger partial charge < -0.3 is 68.5 Å². The Morgan fingerprint density at radius 1 is 0.629 bits per heavy atom. The molecule has 344 valence electrons. The first kappa shape index (κ1) is 53.3. The highest BCUT2D eigenvalue weighted by atomic mass is 16.4.